The second-order valence-electron chi connectivity index (χ2n) is 11.3. The molecule has 0 aromatic heterocycles. The molecule has 2 aliphatic heterocycles. The highest BCUT2D eigenvalue weighted by atomic mass is 16.6. The predicted molar refractivity (Wildman–Crippen MR) is 143 cm³/mol. The third-order valence-electron chi connectivity index (χ3n) is 7.28. The van der Waals surface area contributed by atoms with Gasteiger partial charge >= 0.3 is 18.0 Å². The van der Waals surface area contributed by atoms with Gasteiger partial charge < -0.3 is 9.47 Å². The molecule has 1 fully saturated rings. The van der Waals surface area contributed by atoms with Crippen molar-refractivity contribution in [1.29, 1.82) is 0 Å². The molecule has 10 heteroatoms. The van der Waals surface area contributed by atoms with E-state index in [2.05, 4.69) is 0 Å². The molecule has 207 valence electrons. The Kier molecular flexibility index (Phi) is 7.53. The first-order valence-electron chi connectivity index (χ1n) is 13.0. The van der Waals surface area contributed by atoms with Gasteiger partial charge in [-0.3, -0.25) is 15.0 Å². The molecule has 10 nitrogen and oxygen atoms in total. The number of nitrogens with zero attached hydrogens (tertiary/aromatic N) is 3. The molecule has 1 spiro atoms. The van der Waals surface area contributed by atoms with Crippen LogP contribution in [0.4, 0.5) is 4.79 Å². The molecule has 1 aromatic rings. The monoisotopic (exact) mass is 537 g/mol. The van der Waals surface area contributed by atoms with E-state index in [9.17, 15) is 24.5 Å². The molecule has 1 radical (unpaired) electrons. The van der Waals surface area contributed by atoms with Crippen molar-refractivity contribution in [2.75, 3.05) is 26.7 Å². The minimum Gasteiger partial charge on any atom is -0.465 e. The molecular formula is C29H35N3O7+. The zero-order valence-electron chi connectivity index (χ0n) is 23.2. The molecule has 0 saturated carbocycles. The Morgan fingerprint density at radius 2 is 1.87 bits per heavy atom. The van der Waals surface area contributed by atoms with Gasteiger partial charge in [0.2, 0.25) is 6.04 Å². The molecule has 2 heterocycles. The number of carbonyl (C=O) groups is 3. The van der Waals surface area contributed by atoms with Crippen molar-refractivity contribution < 1.29 is 33.3 Å². The summed E-state index contributed by atoms with van der Waals surface area (Å²) in [5, 5.41) is 12.1. The SMILES string of the molecule is COC(=O)C1CN(C(=O)OC(C)(C)C)CC[N+]12C=C(C1=CC[CH]C([N+](=O)[O-])=C1c1ccccc1C(C)C)C2=O. The first-order chi connectivity index (χ1) is 18.3. The molecule has 2 atom stereocenters. The van der Waals surface area contributed by atoms with E-state index in [1.54, 1.807) is 33.4 Å². The summed E-state index contributed by atoms with van der Waals surface area (Å²) < 4.78 is 10.2. The van der Waals surface area contributed by atoms with Gasteiger partial charge in [-0.05, 0) is 44.2 Å². The second kappa shape index (κ2) is 10.4. The number of methoxy groups -OCH3 is 1. The summed E-state index contributed by atoms with van der Waals surface area (Å²) in [6, 6.07) is 6.51. The molecule has 3 aliphatic rings. The topological polar surface area (TPSA) is 116 Å². The van der Waals surface area contributed by atoms with E-state index in [4.69, 9.17) is 9.47 Å². The Morgan fingerprint density at radius 1 is 1.18 bits per heavy atom. The average molecular weight is 538 g/mol. The van der Waals surface area contributed by atoms with E-state index in [1.165, 1.54) is 12.0 Å². The maximum atomic E-state index is 14.0. The van der Waals surface area contributed by atoms with Gasteiger partial charge in [0, 0.05) is 5.57 Å². The minimum atomic E-state index is -0.978. The lowest BCUT2D eigenvalue weighted by Crippen LogP contribution is -2.72. The smallest absolute Gasteiger partial charge is 0.410 e. The fourth-order valence-electron chi connectivity index (χ4n) is 5.42. The molecule has 1 saturated heterocycles. The van der Waals surface area contributed by atoms with Crippen molar-refractivity contribution in [3.05, 3.63) is 81.0 Å². The van der Waals surface area contributed by atoms with Crippen LogP contribution in [-0.4, -0.2) is 70.7 Å². The Morgan fingerprint density at radius 3 is 2.46 bits per heavy atom. The minimum absolute atomic E-state index is 0.0491. The van der Waals surface area contributed by atoms with Gasteiger partial charge in [-0.1, -0.05) is 44.2 Å². The molecule has 1 aromatic carbocycles. The van der Waals surface area contributed by atoms with Crippen LogP contribution in [0.25, 0.3) is 5.57 Å². The Labute approximate surface area is 228 Å². The highest BCUT2D eigenvalue weighted by Gasteiger charge is 2.60. The summed E-state index contributed by atoms with van der Waals surface area (Å²) in [7, 11) is 1.24. The Hall–Kier alpha value is -3.79. The largest absolute Gasteiger partial charge is 0.465 e. The van der Waals surface area contributed by atoms with Crippen LogP contribution in [0.1, 0.15) is 58.1 Å². The third-order valence-corrected chi connectivity index (χ3v) is 7.28. The predicted octanol–water partition coefficient (Wildman–Crippen LogP) is 4.37. The second-order valence-corrected chi connectivity index (χ2v) is 11.3. The van der Waals surface area contributed by atoms with Crippen molar-refractivity contribution >= 4 is 23.5 Å². The van der Waals surface area contributed by atoms with E-state index in [0.717, 1.165) is 5.56 Å². The number of amides is 2. The number of esters is 1. The maximum absolute atomic E-state index is 14.0. The molecular weight excluding hydrogens is 502 g/mol. The number of ether oxygens (including phenoxy) is 2. The van der Waals surface area contributed by atoms with Crippen LogP contribution in [-0.2, 0) is 19.1 Å². The summed E-state index contributed by atoms with van der Waals surface area (Å²) in [4.78, 5) is 52.7. The highest BCUT2D eigenvalue weighted by Crippen LogP contribution is 2.46. The van der Waals surface area contributed by atoms with Gasteiger partial charge in [0.05, 0.1) is 37.1 Å². The van der Waals surface area contributed by atoms with Crippen LogP contribution in [0.3, 0.4) is 0 Å². The molecule has 2 amide bonds. The number of hydrogen-bond acceptors (Lipinski definition) is 7. The van der Waals surface area contributed by atoms with Crippen molar-refractivity contribution in [3.8, 4) is 0 Å². The number of quaternary nitrogens is 1. The molecule has 39 heavy (non-hydrogen) atoms. The maximum Gasteiger partial charge on any atom is 0.410 e. The lowest BCUT2D eigenvalue weighted by molar-refractivity contribution is -0.836. The fraction of sp³-hybridized carbons (Fsp3) is 0.448. The van der Waals surface area contributed by atoms with Crippen molar-refractivity contribution in [3.63, 3.8) is 0 Å². The standard InChI is InChI=1S/C29H35N3O7/c1-18(2)19-10-7-8-11-20(19)25-21(12-9-13-23(25)31(36)37)22-17-32(26(22)33)15-14-30(16-24(32)27(34)38-6)28(35)39-29(3,4)5/h7-8,10-13,17-18,24H,9,14-16H2,1-6H3/q+1. The molecule has 1 aliphatic carbocycles. The number of allylic oxidation sites excluding steroid dienone is 3. The van der Waals surface area contributed by atoms with E-state index in [-0.39, 0.29) is 41.6 Å². The molecule has 0 N–H and O–H groups in total. The van der Waals surface area contributed by atoms with Crippen LogP contribution < -0.4 is 0 Å². The zero-order chi connectivity index (χ0) is 28.7. The van der Waals surface area contributed by atoms with Gasteiger partial charge in [-0.2, -0.15) is 0 Å². The van der Waals surface area contributed by atoms with E-state index in [1.807, 2.05) is 44.2 Å². The van der Waals surface area contributed by atoms with Crippen molar-refractivity contribution in [2.45, 2.75) is 58.6 Å². The fourth-order valence-corrected chi connectivity index (χ4v) is 5.42. The Bertz CT molecular complexity index is 1320. The van der Waals surface area contributed by atoms with Crippen LogP contribution in [0.15, 0.2) is 53.4 Å². The summed E-state index contributed by atoms with van der Waals surface area (Å²) in [5.74, 6) is -0.853. The third kappa shape index (κ3) is 5.13. The first kappa shape index (κ1) is 28.2. The highest BCUT2D eigenvalue weighted by molar-refractivity contribution is 6.06. The summed E-state index contributed by atoms with van der Waals surface area (Å²) in [6.45, 7) is 9.60. The van der Waals surface area contributed by atoms with Crippen LogP contribution >= 0.6 is 0 Å². The Balaban J connectivity index is 1.75. The zero-order valence-corrected chi connectivity index (χ0v) is 23.2. The number of nitro groups is 1. The lowest BCUT2D eigenvalue weighted by Gasteiger charge is -2.48. The number of hydrogen-bond donors (Lipinski definition) is 0. The van der Waals surface area contributed by atoms with Crippen LogP contribution in [0.5, 0.6) is 0 Å². The van der Waals surface area contributed by atoms with Gasteiger partial charge in [0.15, 0.2) is 0 Å². The first-order valence-corrected chi connectivity index (χ1v) is 13.0. The lowest BCUT2D eigenvalue weighted by atomic mass is 9.79. The molecule has 0 bridgehead atoms. The number of rotatable bonds is 5. The summed E-state index contributed by atoms with van der Waals surface area (Å²) >= 11 is 0. The van der Waals surface area contributed by atoms with Crippen molar-refractivity contribution in [1.82, 2.24) is 4.90 Å². The van der Waals surface area contributed by atoms with Crippen molar-refractivity contribution in [2.24, 2.45) is 0 Å². The van der Waals surface area contributed by atoms with E-state index in [0.29, 0.717) is 28.7 Å². The summed E-state index contributed by atoms with van der Waals surface area (Å²) in [5.41, 5.74) is 2.09. The van der Waals surface area contributed by atoms with Gasteiger partial charge in [-0.15, -0.1) is 0 Å². The van der Waals surface area contributed by atoms with E-state index < -0.39 is 28.6 Å². The van der Waals surface area contributed by atoms with Gasteiger partial charge in [0.1, 0.15) is 23.9 Å². The normalized spacial score (nSPS) is 23.3. The van der Waals surface area contributed by atoms with Crippen LogP contribution in [0.2, 0.25) is 0 Å². The summed E-state index contributed by atoms with van der Waals surface area (Å²) in [6.07, 6.45) is 4.81. The number of carbonyl (C=O) groups excluding carboxylic acids is 3. The molecule has 4 rings (SSSR count). The number of piperazine rings is 1. The quantitative estimate of drug-likeness (QED) is 0.237. The average Bonchev–Trinajstić information content (AvgIpc) is 2.89. The van der Waals surface area contributed by atoms with Gasteiger partial charge in [-0.25, -0.2) is 18.9 Å². The van der Waals surface area contributed by atoms with E-state index >= 15 is 0 Å². The van der Waals surface area contributed by atoms with Crippen LogP contribution in [0, 0.1) is 16.5 Å². The number of benzene rings is 1. The molecule has 2 unspecified atom stereocenters. The van der Waals surface area contributed by atoms with Gasteiger partial charge in [0.25, 0.3) is 5.70 Å².